The molecule has 0 saturated carbocycles. The molecule has 100 valence electrons. The molecule has 0 unspecified atom stereocenters. The summed E-state index contributed by atoms with van der Waals surface area (Å²) < 4.78 is 12.9. The van der Waals surface area contributed by atoms with Crippen molar-refractivity contribution in [3.63, 3.8) is 0 Å². The highest BCUT2D eigenvalue weighted by Crippen LogP contribution is 2.11. The molecule has 6 heteroatoms. The van der Waals surface area contributed by atoms with Gasteiger partial charge in [0.25, 0.3) is 5.91 Å². The number of amides is 1. The number of nitrogens with one attached hydrogen (secondary N) is 1. The molecule has 0 bridgehead atoms. The molecule has 2 aromatic heterocycles. The maximum atomic E-state index is 12.9. The van der Waals surface area contributed by atoms with E-state index in [0.717, 1.165) is 35.8 Å². The summed E-state index contributed by atoms with van der Waals surface area (Å²) in [5.41, 5.74) is 1.04. The van der Waals surface area contributed by atoms with Crippen molar-refractivity contribution in [1.82, 2.24) is 15.3 Å². The van der Waals surface area contributed by atoms with Crippen molar-refractivity contribution in [3.8, 4) is 0 Å². The monoisotopic (exact) mass is 279 g/mol. The van der Waals surface area contributed by atoms with E-state index in [1.165, 1.54) is 6.20 Å². The summed E-state index contributed by atoms with van der Waals surface area (Å²) in [5, 5.41) is 5.69. The number of halogens is 1. The van der Waals surface area contributed by atoms with Gasteiger partial charge in [-0.25, -0.2) is 9.37 Å². The summed E-state index contributed by atoms with van der Waals surface area (Å²) in [6.07, 6.45) is 4.40. The van der Waals surface area contributed by atoms with Crippen LogP contribution in [0.2, 0.25) is 0 Å². The molecule has 0 aliphatic carbocycles. The van der Waals surface area contributed by atoms with Gasteiger partial charge in [0, 0.05) is 11.6 Å². The maximum Gasteiger partial charge on any atom is 0.253 e. The number of carbonyl (C=O) groups is 1. The van der Waals surface area contributed by atoms with Gasteiger partial charge in [-0.1, -0.05) is 6.92 Å². The molecule has 0 radical (unpaired) electrons. The third-order valence-corrected chi connectivity index (χ3v) is 3.42. The lowest BCUT2D eigenvalue weighted by atomic mass is 10.2. The quantitative estimate of drug-likeness (QED) is 0.915. The van der Waals surface area contributed by atoms with Gasteiger partial charge in [-0.2, -0.15) is 0 Å². The van der Waals surface area contributed by atoms with Crippen LogP contribution in [0.15, 0.2) is 23.8 Å². The summed E-state index contributed by atoms with van der Waals surface area (Å²) in [4.78, 5) is 19.8. The molecule has 19 heavy (non-hydrogen) atoms. The Balaban J connectivity index is 1.92. The smallest absolute Gasteiger partial charge is 0.253 e. The third kappa shape index (κ3) is 3.82. The summed E-state index contributed by atoms with van der Waals surface area (Å²) in [6.45, 7) is 2.44. The minimum Gasteiger partial charge on any atom is -0.346 e. The second kappa shape index (κ2) is 6.38. The lowest BCUT2D eigenvalue weighted by Crippen LogP contribution is -2.23. The predicted molar refractivity (Wildman–Crippen MR) is 71.5 cm³/mol. The van der Waals surface area contributed by atoms with Gasteiger partial charge >= 0.3 is 0 Å². The molecule has 0 aromatic carbocycles. The number of aryl methyl sites for hydroxylation is 1. The van der Waals surface area contributed by atoms with Crippen LogP contribution in [-0.2, 0) is 13.0 Å². The van der Waals surface area contributed by atoms with E-state index in [2.05, 4.69) is 22.2 Å². The number of nitrogens with zero attached hydrogens (tertiary/aromatic N) is 2. The largest absolute Gasteiger partial charge is 0.346 e. The van der Waals surface area contributed by atoms with Crippen molar-refractivity contribution >= 4 is 17.2 Å². The van der Waals surface area contributed by atoms with Crippen molar-refractivity contribution in [2.24, 2.45) is 0 Å². The first-order chi connectivity index (χ1) is 9.19. The number of pyridine rings is 1. The Bertz CT molecular complexity index is 571. The fourth-order valence-corrected chi connectivity index (χ4v) is 2.47. The number of rotatable bonds is 5. The lowest BCUT2D eigenvalue weighted by molar-refractivity contribution is 0.0949. The Morgan fingerprint density at radius 1 is 1.47 bits per heavy atom. The Kier molecular flexibility index (Phi) is 4.57. The van der Waals surface area contributed by atoms with Crippen molar-refractivity contribution < 1.29 is 9.18 Å². The maximum absolute atomic E-state index is 12.9. The highest BCUT2D eigenvalue weighted by Gasteiger charge is 2.08. The van der Waals surface area contributed by atoms with Crippen LogP contribution in [-0.4, -0.2) is 15.9 Å². The highest BCUT2D eigenvalue weighted by molar-refractivity contribution is 7.09. The Hall–Kier alpha value is -1.82. The van der Waals surface area contributed by atoms with Crippen LogP contribution in [0.3, 0.4) is 0 Å². The van der Waals surface area contributed by atoms with Crippen LogP contribution in [0.1, 0.15) is 34.4 Å². The Labute approximate surface area is 114 Å². The number of carbonyl (C=O) groups excluding carboxylic acids is 1. The normalized spacial score (nSPS) is 10.4. The molecule has 2 heterocycles. The van der Waals surface area contributed by atoms with E-state index >= 15 is 0 Å². The van der Waals surface area contributed by atoms with Crippen LogP contribution in [0.25, 0.3) is 0 Å². The molecule has 4 nitrogen and oxygen atoms in total. The number of hydrogen-bond donors (Lipinski definition) is 1. The fraction of sp³-hybridized carbons (Fsp3) is 0.308. The first kappa shape index (κ1) is 13.6. The van der Waals surface area contributed by atoms with Crippen molar-refractivity contribution in [3.05, 3.63) is 45.9 Å². The third-order valence-electron chi connectivity index (χ3n) is 2.46. The minimum absolute atomic E-state index is 0.212. The average molecular weight is 279 g/mol. The second-order valence-electron chi connectivity index (χ2n) is 4.06. The van der Waals surface area contributed by atoms with E-state index in [4.69, 9.17) is 0 Å². The molecule has 0 aliphatic rings. The molecule has 0 fully saturated rings. The SMILES string of the molecule is CCCc1nc(CNC(=O)c2cncc(F)c2)cs1. The summed E-state index contributed by atoms with van der Waals surface area (Å²) in [7, 11) is 0. The van der Waals surface area contributed by atoms with E-state index in [-0.39, 0.29) is 11.5 Å². The van der Waals surface area contributed by atoms with E-state index in [1.54, 1.807) is 11.3 Å². The van der Waals surface area contributed by atoms with Crippen LogP contribution >= 0.6 is 11.3 Å². The molecule has 1 N–H and O–H groups in total. The standard InChI is InChI=1S/C13H14FN3OS/c1-2-3-12-17-11(8-19-12)7-16-13(18)9-4-10(14)6-15-5-9/h4-6,8H,2-3,7H2,1H3,(H,16,18). The van der Waals surface area contributed by atoms with Gasteiger partial charge < -0.3 is 5.32 Å². The zero-order valence-corrected chi connectivity index (χ0v) is 11.3. The fourth-order valence-electron chi connectivity index (χ4n) is 1.57. The topological polar surface area (TPSA) is 54.9 Å². The van der Waals surface area contributed by atoms with Crippen LogP contribution in [0.4, 0.5) is 4.39 Å². The van der Waals surface area contributed by atoms with E-state index < -0.39 is 5.82 Å². The Morgan fingerprint density at radius 2 is 2.32 bits per heavy atom. The van der Waals surface area contributed by atoms with Gasteiger partial charge in [-0.15, -0.1) is 11.3 Å². The molecular formula is C13H14FN3OS. The van der Waals surface area contributed by atoms with Crippen molar-refractivity contribution in [1.29, 1.82) is 0 Å². The van der Waals surface area contributed by atoms with Crippen molar-refractivity contribution in [2.75, 3.05) is 0 Å². The highest BCUT2D eigenvalue weighted by atomic mass is 32.1. The summed E-state index contributed by atoms with van der Waals surface area (Å²) in [6, 6.07) is 1.16. The molecule has 0 spiro atoms. The van der Waals surface area contributed by atoms with Gasteiger partial charge in [-0.3, -0.25) is 9.78 Å². The van der Waals surface area contributed by atoms with Gasteiger partial charge in [-0.05, 0) is 18.9 Å². The molecule has 0 atom stereocenters. The second-order valence-corrected chi connectivity index (χ2v) is 5.00. The first-order valence-electron chi connectivity index (χ1n) is 6.01. The molecule has 0 saturated heterocycles. The van der Waals surface area contributed by atoms with Crippen LogP contribution in [0, 0.1) is 5.82 Å². The van der Waals surface area contributed by atoms with Crippen LogP contribution < -0.4 is 5.32 Å². The minimum atomic E-state index is -0.522. The average Bonchev–Trinajstić information content (AvgIpc) is 2.84. The Morgan fingerprint density at radius 3 is 3.05 bits per heavy atom. The zero-order valence-electron chi connectivity index (χ0n) is 10.5. The van der Waals surface area contributed by atoms with Crippen molar-refractivity contribution in [2.45, 2.75) is 26.3 Å². The van der Waals surface area contributed by atoms with Crippen LogP contribution in [0.5, 0.6) is 0 Å². The number of aromatic nitrogens is 2. The lowest BCUT2D eigenvalue weighted by Gasteiger charge is -2.02. The van der Waals surface area contributed by atoms with Gasteiger partial charge in [0.2, 0.25) is 0 Å². The molecule has 1 amide bonds. The number of thiazole rings is 1. The molecule has 0 aliphatic heterocycles. The molecule has 2 aromatic rings. The number of hydrogen-bond acceptors (Lipinski definition) is 4. The first-order valence-corrected chi connectivity index (χ1v) is 6.89. The zero-order chi connectivity index (χ0) is 13.7. The summed E-state index contributed by atoms with van der Waals surface area (Å²) in [5.74, 6) is -0.872. The van der Waals surface area contributed by atoms with E-state index in [9.17, 15) is 9.18 Å². The summed E-state index contributed by atoms with van der Waals surface area (Å²) >= 11 is 1.59. The predicted octanol–water partition coefficient (Wildman–Crippen LogP) is 2.56. The van der Waals surface area contributed by atoms with E-state index in [1.807, 2.05) is 5.38 Å². The van der Waals surface area contributed by atoms with E-state index in [0.29, 0.717) is 6.54 Å². The molecular weight excluding hydrogens is 265 g/mol. The molecule has 2 rings (SSSR count). The van der Waals surface area contributed by atoms with Gasteiger partial charge in [0.05, 0.1) is 29.0 Å². The van der Waals surface area contributed by atoms with Gasteiger partial charge in [0.1, 0.15) is 5.82 Å². The van der Waals surface area contributed by atoms with Gasteiger partial charge in [0.15, 0.2) is 0 Å².